The Morgan fingerprint density at radius 3 is 2.62 bits per heavy atom. The van der Waals surface area contributed by atoms with Crippen LogP contribution in [0.5, 0.6) is 0 Å². The lowest BCUT2D eigenvalue weighted by Gasteiger charge is -2.29. The monoisotopic (exact) mass is 526 g/mol. The Balaban J connectivity index is 1.38. The van der Waals surface area contributed by atoms with Gasteiger partial charge in [-0.3, -0.25) is 14.8 Å². The lowest BCUT2D eigenvalue weighted by Crippen LogP contribution is -2.38. The van der Waals surface area contributed by atoms with Gasteiger partial charge < -0.3 is 19.3 Å². The van der Waals surface area contributed by atoms with Crippen LogP contribution in [0.1, 0.15) is 36.9 Å². The molecule has 39 heavy (non-hydrogen) atoms. The van der Waals surface area contributed by atoms with Gasteiger partial charge in [-0.25, -0.2) is 4.79 Å². The molecule has 2 aliphatic heterocycles. The number of esters is 1. The Bertz CT molecular complexity index is 1310. The van der Waals surface area contributed by atoms with Crippen molar-refractivity contribution >= 4 is 29.3 Å². The molecule has 4 heterocycles. The number of methoxy groups -OCH3 is 1. The summed E-state index contributed by atoms with van der Waals surface area (Å²) in [4.78, 5) is 38.5. The number of ether oxygens (including phenoxy) is 2. The van der Waals surface area contributed by atoms with Crippen LogP contribution in [0.25, 0.3) is 17.2 Å². The third kappa shape index (κ3) is 6.70. The van der Waals surface area contributed by atoms with E-state index in [1.807, 2.05) is 18.3 Å². The minimum atomic E-state index is -0.453. The molecule has 2 saturated heterocycles. The average molecular weight is 527 g/mol. The van der Waals surface area contributed by atoms with Gasteiger partial charge in [0, 0.05) is 61.9 Å². The maximum atomic E-state index is 13.7. The van der Waals surface area contributed by atoms with Crippen LogP contribution < -0.4 is 9.80 Å². The van der Waals surface area contributed by atoms with Gasteiger partial charge in [-0.15, -0.1) is 0 Å². The SMILES string of the molecule is COC(=O)/C=C/c1cncc(N(Cc2ccc(-c3cccc(N4CCCC4)c3)cn2)C(=O)C2CCOCC2)c1. The maximum Gasteiger partial charge on any atom is 0.330 e. The van der Waals surface area contributed by atoms with Crippen LogP contribution in [0, 0.1) is 5.92 Å². The van der Waals surface area contributed by atoms with E-state index in [2.05, 4.69) is 45.0 Å². The number of carbonyl (C=O) groups is 2. The topological polar surface area (TPSA) is 84.9 Å². The van der Waals surface area contributed by atoms with E-state index in [1.54, 1.807) is 23.4 Å². The molecule has 2 aliphatic rings. The molecule has 2 aromatic heterocycles. The molecule has 5 rings (SSSR count). The van der Waals surface area contributed by atoms with E-state index in [0.717, 1.165) is 29.9 Å². The van der Waals surface area contributed by atoms with Gasteiger partial charge >= 0.3 is 5.97 Å². The van der Waals surface area contributed by atoms with Gasteiger partial charge in [0.25, 0.3) is 0 Å². The first-order valence-electron chi connectivity index (χ1n) is 13.5. The van der Waals surface area contributed by atoms with Crippen molar-refractivity contribution in [1.82, 2.24) is 9.97 Å². The lowest BCUT2D eigenvalue weighted by atomic mass is 9.98. The summed E-state index contributed by atoms with van der Waals surface area (Å²) in [6, 6.07) is 14.5. The summed E-state index contributed by atoms with van der Waals surface area (Å²) >= 11 is 0. The van der Waals surface area contributed by atoms with Crippen molar-refractivity contribution in [3.05, 3.63) is 78.4 Å². The first kappa shape index (κ1) is 26.6. The van der Waals surface area contributed by atoms with Crippen LogP contribution in [0.15, 0.2) is 67.1 Å². The molecule has 0 saturated carbocycles. The predicted molar refractivity (Wildman–Crippen MR) is 151 cm³/mol. The molecule has 0 bridgehead atoms. The standard InChI is InChI=1S/C31H34N4O4/c1-38-30(36)10-7-23-17-29(21-32-19-23)35(31(37)24-11-15-39-16-12-24)22-27-9-8-26(20-33-27)25-5-4-6-28(18-25)34-13-2-3-14-34/h4-10,17-21,24H,2-3,11-16,22H2,1H3/b10-7+. The molecule has 8 heteroatoms. The Morgan fingerprint density at radius 2 is 1.87 bits per heavy atom. The first-order valence-corrected chi connectivity index (χ1v) is 13.5. The molecule has 0 radical (unpaired) electrons. The molecule has 1 aromatic carbocycles. The fourth-order valence-corrected chi connectivity index (χ4v) is 5.09. The molecule has 2 fully saturated rings. The van der Waals surface area contributed by atoms with Crippen molar-refractivity contribution in [2.75, 3.05) is 43.2 Å². The van der Waals surface area contributed by atoms with Crippen molar-refractivity contribution in [1.29, 1.82) is 0 Å². The molecule has 0 aliphatic carbocycles. The largest absolute Gasteiger partial charge is 0.466 e. The summed E-state index contributed by atoms with van der Waals surface area (Å²) < 4.78 is 10.2. The zero-order valence-corrected chi connectivity index (χ0v) is 22.3. The highest BCUT2D eigenvalue weighted by Gasteiger charge is 2.28. The minimum absolute atomic E-state index is 0.0263. The van der Waals surface area contributed by atoms with Crippen molar-refractivity contribution < 1.29 is 19.1 Å². The quantitative estimate of drug-likeness (QED) is 0.305. The number of pyridine rings is 2. The predicted octanol–water partition coefficient (Wildman–Crippen LogP) is 4.89. The lowest BCUT2D eigenvalue weighted by molar-refractivity contribution is -0.134. The molecule has 0 atom stereocenters. The second kappa shape index (κ2) is 12.7. The zero-order chi connectivity index (χ0) is 27.0. The number of anilines is 2. The number of amides is 1. The second-order valence-electron chi connectivity index (χ2n) is 9.93. The van der Waals surface area contributed by atoms with Gasteiger partial charge in [0.2, 0.25) is 5.91 Å². The van der Waals surface area contributed by atoms with E-state index < -0.39 is 5.97 Å². The number of carbonyl (C=O) groups excluding carboxylic acids is 2. The molecule has 202 valence electrons. The van der Waals surface area contributed by atoms with Gasteiger partial charge in [-0.05, 0) is 67.2 Å². The Labute approximate surface area is 229 Å². The van der Waals surface area contributed by atoms with E-state index in [1.165, 1.54) is 31.7 Å². The maximum absolute atomic E-state index is 13.7. The van der Waals surface area contributed by atoms with Crippen molar-refractivity contribution in [2.45, 2.75) is 32.2 Å². The molecule has 3 aromatic rings. The molecular formula is C31H34N4O4. The fourth-order valence-electron chi connectivity index (χ4n) is 5.09. The fraction of sp³-hybridized carbons (Fsp3) is 0.355. The number of nitrogens with zero attached hydrogens (tertiary/aromatic N) is 4. The van der Waals surface area contributed by atoms with E-state index >= 15 is 0 Å². The highest BCUT2D eigenvalue weighted by atomic mass is 16.5. The smallest absolute Gasteiger partial charge is 0.330 e. The second-order valence-corrected chi connectivity index (χ2v) is 9.93. The summed E-state index contributed by atoms with van der Waals surface area (Å²) in [5, 5.41) is 0. The van der Waals surface area contributed by atoms with Gasteiger partial charge in [-0.1, -0.05) is 18.2 Å². The van der Waals surface area contributed by atoms with Crippen LogP contribution in [0.3, 0.4) is 0 Å². The third-order valence-electron chi connectivity index (χ3n) is 7.30. The molecule has 1 amide bonds. The first-order chi connectivity index (χ1) is 19.1. The van der Waals surface area contributed by atoms with Crippen molar-refractivity contribution in [3.63, 3.8) is 0 Å². The van der Waals surface area contributed by atoms with E-state index in [4.69, 9.17) is 9.72 Å². The molecular weight excluding hydrogens is 492 g/mol. The molecule has 8 nitrogen and oxygen atoms in total. The van der Waals surface area contributed by atoms with E-state index in [0.29, 0.717) is 43.9 Å². The summed E-state index contributed by atoms with van der Waals surface area (Å²) in [6.45, 7) is 3.68. The molecule has 0 spiro atoms. The van der Waals surface area contributed by atoms with Crippen LogP contribution in [0.2, 0.25) is 0 Å². The Kier molecular flexibility index (Phi) is 8.63. The van der Waals surface area contributed by atoms with Crippen LogP contribution >= 0.6 is 0 Å². The highest BCUT2D eigenvalue weighted by Crippen LogP contribution is 2.28. The summed E-state index contributed by atoms with van der Waals surface area (Å²) in [5.74, 6) is -0.551. The van der Waals surface area contributed by atoms with Crippen molar-refractivity contribution in [2.24, 2.45) is 5.92 Å². The number of hydrogen-bond donors (Lipinski definition) is 0. The van der Waals surface area contributed by atoms with Gasteiger partial charge in [0.05, 0.1) is 31.2 Å². The third-order valence-corrected chi connectivity index (χ3v) is 7.30. The van der Waals surface area contributed by atoms with Crippen LogP contribution in [-0.4, -0.2) is 55.3 Å². The van der Waals surface area contributed by atoms with Gasteiger partial charge in [0.1, 0.15) is 0 Å². The van der Waals surface area contributed by atoms with Crippen LogP contribution in [0.4, 0.5) is 11.4 Å². The number of rotatable bonds is 8. The van der Waals surface area contributed by atoms with Crippen molar-refractivity contribution in [3.8, 4) is 11.1 Å². The molecule has 0 unspecified atom stereocenters. The highest BCUT2D eigenvalue weighted by molar-refractivity contribution is 5.95. The Morgan fingerprint density at radius 1 is 1.05 bits per heavy atom. The summed E-state index contributed by atoms with van der Waals surface area (Å²) in [6.07, 6.45) is 12.0. The zero-order valence-electron chi connectivity index (χ0n) is 22.3. The minimum Gasteiger partial charge on any atom is -0.466 e. The van der Waals surface area contributed by atoms with Gasteiger partial charge in [0.15, 0.2) is 0 Å². The number of aromatic nitrogens is 2. The summed E-state index contributed by atoms with van der Waals surface area (Å²) in [5.41, 5.74) is 5.55. The number of benzene rings is 1. The van der Waals surface area contributed by atoms with Crippen LogP contribution in [-0.2, 0) is 25.6 Å². The summed E-state index contributed by atoms with van der Waals surface area (Å²) in [7, 11) is 1.33. The number of hydrogen-bond acceptors (Lipinski definition) is 7. The Hall–Kier alpha value is -4.04. The normalized spacial score (nSPS) is 16.0. The average Bonchev–Trinajstić information content (AvgIpc) is 3.55. The van der Waals surface area contributed by atoms with E-state index in [9.17, 15) is 9.59 Å². The molecule has 0 N–H and O–H groups in total. The van der Waals surface area contributed by atoms with E-state index in [-0.39, 0.29) is 11.8 Å². The van der Waals surface area contributed by atoms with Gasteiger partial charge in [-0.2, -0.15) is 0 Å².